The van der Waals surface area contributed by atoms with Crippen molar-refractivity contribution in [2.24, 2.45) is 0 Å². The Kier molecular flexibility index (Phi) is 7.15. The van der Waals surface area contributed by atoms with E-state index in [-0.39, 0.29) is 28.3 Å². The summed E-state index contributed by atoms with van der Waals surface area (Å²) in [5, 5.41) is 5.32. The quantitative estimate of drug-likeness (QED) is 0.191. The Morgan fingerprint density at radius 2 is 1.90 bits per heavy atom. The summed E-state index contributed by atoms with van der Waals surface area (Å²) in [6.45, 7) is 7.75. The summed E-state index contributed by atoms with van der Waals surface area (Å²) in [5.74, 6) is 1.92. The second-order valence-corrected chi connectivity index (χ2v) is 14.3. The molecule has 9 rings (SSSR count). The van der Waals surface area contributed by atoms with E-state index in [1.807, 2.05) is 6.07 Å². The van der Waals surface area contributed by atoms with E-state index in [0.717, 1.165) is 71.2 Å². The lowest BCUT2D eigenvalue weighted by Crippen LogP contribution is -2.51. The normalized spacial score (nSPS) is 26.8. The molecule has 1 N–H and O–H groups in total. The van der Waals surface area contributed by atoms with Crippen LogP contribution >= 0.6 is 0 Å². The largest absolute Gasteiger partial charge is 0.461 e. The van der Waals surface area contributed by atoms with E-state index in [4.69, 9.17) is 25.9 Å². The third kappa shape index (κ3) is 5.02. The van der Waals surface area contributed by atoms with Crippen molar-refractivity contribution in [2.75, 3.05) is 37.7 Å². The van der Waals surface area contributed by atoms with Crippen LogP contribution in [0.2, 0.25) is 0 Å². The van der Waals surface area contributed by atoms with Gasteiger partial charge in [0, 0.05) is 54.9 Å². The van der Waals surface area contributed by atoms with Crippen molar-refractivity contribution < 1.29 is 18.3 Å². The summed E-state index contributed by atoms with van der Waals surface area (Å²) in [6, 6.07) is 9.46. The number of piperazine rings is 1. The molecule has 246 valence electrons. The van der Waals surface area contributed by atoms with Gasteiger partial charge >= 0.3 is 6.01 Å². The molecule has 4 aromatic rings. The predicted octanol–water partition coefficient (Wildman–Crippen LogP) is 5.77. The molecule has 2 aromatic heterocycles. The van der Waals surface area contributed by atoms with Gasteiger partial charge < -0.3 is 19.7 Å². The number of anilines is 1. The summed E-state index contributed by atoms with van der Waals surface area (Å²) < 4.78 is 44.4. The van der Waals surface area contributed by atoms with Crippen molar-refractivity contribution in [1.29, 1.82) is 0 Å². The predicted molar refractivity (Wildman–Crippen MR) is 181 cm³/mol. The van der Waals surface area contributed by atoms with Gasteiger partial charge in [-0.15, -0.1) is 6.42 Å². The lowest BCUT2D eigenvalue weighted by atomic mass is 9.94. The molecule has 5 fully saturated rings. The maximum atomic E-state index is 16.9. The zero-order valence-electron chi connectivity index (χ0n) is 26.9. The molecule has 0 amide bonds. The molecule has 4 saturated heterocycles. The minimum atomic E-state index is -0.619. The highest BCUT2D eigenvalue weighted by molar-refractivity contribution is 6.02. The van der Waals surface area contributed by atoms with Crippen molar-refractivity contribution in [2.45, 2.75) is 74.7 Å². The Morgan fingerprint density at radius 1 is 1.06 bits per heavy atom. The first kappa shape index (κ1) is 29.9. The molecule has 2 aromatic carbocycles. The number of nitrogens with zero attached hydrogens (tertiary/aromatic N) is 5. The van der Waals surface area contributed by atoms with Gasteiger partial charge in [-0.05, 0) is 56.4 Å². The second-order valence-electron chi connectivity index (χ2n) is 14.3. The Balaban J connectivity index is 1.12. The zero-order valence-corrected chi connectivity index (χ0v) is 26.9. The summed E-state index contributed by atoms with van der Waals surface area (Å²) in [4.78, 5) is 19.0. The van der Waals surface area contributed by atoms with Crippen LogP contribution in [0.3, 0.4) is 0 Å². The standard InChI is InChI=1S/C38H38F2N6O2/c1-3-28-31(39)12-7-23-5-4-6-29(32(23)28)34-33(40)35-30(16-41-34)36(45-18-24-8-9-25(19-45)42-24)44-37(43-35)48-21-38-14-13-26(20-47-27-10-11-27)46(38)17-22(2)15-38/h1,4-7,12,16,24-27,42H,2,8-11,13-15,17-21H2/t24?,25?,26-,38-/m0/s1. The van der Waals surface area contributed by atoms with Gasteiger partial charge in [0.1, 0.15) is 29.5 Å². The highest BCUT2D eigenvalue weighted by Crippen LogP contribution is 2.45. The SMILES string of the molecule is C#Cc1c(F)ccc2cccc(-c3ncc4c(N5CC6CCC(C5)N6)nc(OC[C@@]56CC[C@@H](COC7CC7)N5CC(=C)C6)nc4c3F)c12. The summed E-state index contributed by atoms with van der Waals surface area (Å²) in [6.07, 6.45) is 15.1. The van der Waals surface area contributed by atoms with Crippen LogP contribution in [-0.4, -0.2) is 82.5 Å². The van der Waals surface area contributed by atoms with Crippen molar-refractivity contribution >= 4 is 27.5 Å². The minimum Gasteiger partial charge on any atom is -0.461 e. The zero-order chi connectivity index (χ0) is 32.6. The molecule has 2 unspecified atom stereocenters. The van der Waals surface area contributed by atoms with Crippen molar-refractivity contribution in [3.8, 4) is 29.6 Å². The molecule has 0 radical (unpaired) electrons. The van der Waals surface area contributed by atoms with Crippen LogP contribution in [-0.2, 0) is 4.74 Å². The maximum Gasteiger partial charge on any atom is 0.319 e. The number of pyridine rings is 1. The molecule has 0 spiro atoms. The van der Waals surface area contributed by atoms with Crippen LogP contribution in [0.4, 0.5) is 14.6 Å². The average Bonchev–Trinajstić information content (AvgIpc) is 3.68. The fourth-order valence-electron chi connectivity index (χ4n) is 8.61. The smallest absolute Gasteiger partial charge is 0.319 e. The molecule has 1 aliphatic carbocycles. The van der Waals surface area contributed by atoms with E-state index in [2.05, 4.69) is 32.6 Å². The summed E-state index contributed by atoms with van der Waals surface area (Å²) in [7, 11) is 0. The first-order chi connectivity index (χ1) is 23.4. The first-order valence-corrected chi connectivity index (χ1v) is 17.1. The van der Waals surface area contributed by atoms with Crippen LogP contribution in [0.1, 0.15) is 50.5 Å². The molecule has 6 heterocycles. The lowest BCUT2D eigenvalue weighted by Gasteiger charge is -2.35. The fraction of sp³-hybridized carbons (Fsp3) is 0.447. The Morgan fingerprint density at radius 3 is 2.69 bits per heavy atom. The molecule has 5 aliphatic rings. The van der Waals surface area contributed by atoms with Crippen molar-refractivity contribution in [3.05, 3.63) is 65.9 Å². The molecule has 10 heteroatoms. The molecule has 8 nitrogen and oxygen atoms in total. The lowest BCUT2D eigenvalue weighted by molar-refractivity contribution is 0.0307. The summed E-state index contributed by atoms with van der Waals surface area (Å²) >= 11 is 0. The Bertz CT molecular complexity index is 2000. The first-order valence-electron chi connectivity index (χ1n) is 17.1. The topological polar surface area (TPSA) is 75.6 Å². The van der Waals surface area contributed by atoms with E-state index in [0.29, 0.717) is 58.4 Å². The second kappa shape index (κ2) is 11.5. The van der Waals surface area contributed by atoms with E-state index in [9.17, 15) is 4.39 Å². The number of hydrogen-bond acceptors (Lipinski definition) is 8. The van der Waals surface area contributed by atoms with Gasteiger partial charge in [0.25, 0.3) is 0 Å². The number of terminal acetylenes is 1. The third-order valence-electron chi connectivity index (χ3n) is 11.0. The van der Waals surface area contributed by atoms with E-state index in [1.165, 1.54) is 11.6 Å². The van der Waals surface area contributed by atoms with Gasteiger partial charge in [0.15, 0.2) is 5.82 Å². The molecule has 1 saturated carbocycles. The number of hydrogen-bond donors (Lipinski definition) is 1. The van der Waals surface area contributed by atoms with Crippen LogP contribution in [0.5, 0.6) is 6.01 Å². The molecule has 4 aliphatic heterocycles. The number of fused-ring (bicyclic) bond motifs is 5. The van der Waals surface area contributed by atoms with E-state index < -0.39 is 11.6 Å². The number of halogens is 2. The van der Waals surface area contributed by atoms with Gasteiger partial charge in [0.2, 0.25) is 0 Å². The fourth-order valence-corrected chi connectivity index (χ4v) is 8.61. The third-order valence-corrected chi connectivity index (χ3v) is 11.0. The van der Waals surface area contributed by atoms with Crippen molar-refractivity contribution in [3.63, 3.8) is 0 Å². The number of aromatic nitrogens is 3. The van der Waals surface area contributed by atoms with Gasteiger partial charge in [-0.2, -0.15) is 9.97 Å². The molecule has 2 bridgehead atoms. The molecule has 48 heavy (non-hydrogen) atoms. The average molecular weight is 649 g/mol. The van der Waals surface area contributed by atoms with Crippen LogP contribution in [0.15, 0.2) is 48.7 Å². The van der Waals surface area contributed by atoms with Gasteiger partial charge in [0.05, 0.1) is 29.2 Å². The van der Waals surface area contributed by atoms with Crippen molar-refractivity contribution in [1.82, 2.24) is 25.2 Å². The summed E-state index contributed by atoms with van der Waals surface area (Å²) in [5.41, 5.74) is 1.62. The van der Waals surface area contributed by atoms with Crippen LogP contribution in [0, 0.1) is 24.0 Å². The molecule has 4 atom stereocenters. The molecular weight excluding hydrogens is 610 g/mol. The van der Waals surface area contributed by atoms with E-state index in [1.54, 1.807) is 24.4 Å². The van der Waals surface area contributed by atoms with Crippen LogP contribution < -0.4 is 15.0 Å². The number of benzene rings is 2. The number of ether oxygens (including phenoxy) is 2. The Labute approximate surface area is 278 Å². The maximum absolute atomic E-state index is 16.9. The number of nitrogens with one attached hydrogen (secondary N) is 1. The van der Waals surface area contributed by atoms with Gasteiger partial charge in [-0.1, -0.05) is 42.3 Å². The van der Waals surface area contributed by atoms with Crippen LogP contribution in [0.25, 0.3) is 32.9 Å². The van der Waals surface area contributed by atoms with Gasteiger partial charge in [-0.25, -0.2) is 8.78 Å². The highest BCUT2D eigenvalue weighted by atomic mass is 19.1. The minimum absolute atomic E-state index is 0.0531. The van der Waals surface area contributed by atoms with Gasteiger partial charge in [-0.3, -0.25) is 9.88 Å². The monoisotopic (exact) mass is 648 g/mol. The highest BCUT2D eigenvalue weighted by Gasteiger charge is 2.51. The number of rotatable bonds is 8. The Hall–Kier alpha value is -4.17. The van der Waals surface area contributed by atoms with E-state index >= 15 is 4.39 Å². The molecular formula is C38H38F2N6O2.